The second-order valence-electron chi connectivity index (χ2n) is 7.77. The topological polar surface area (TPSA) is 18.5 Å². The standard InChI is InChI=1S/C17H37N3/c1-7-20-10-8-16(9-11-20)19(6)14-17(4,5)13-18-12-15(2)3/h15-16,18H,7-14H2,1-6H3. The van der Waals surface area contributed by atoms with Crippen molar-refractivity contribution in [2.45, 2.75) is 53.5 Å². The lowest BCUT2D eigenvalue weighted by Gasteiger charge is -2.40. The van der Waals surface area contributed by atoms with Crippen molar-refractivity contribution in [3.63, 3.8) is 0 Å². The van der Waals surface area contributed by atoms with Crippen molar-refractivity contribution in [3.05, 3.63) is 0 Å². The predicted octanol–water partition coefficient (Wildman–Crippen LogP) is 2.67. The first-order valence-electron chi connectivity index (χ1n) is 8.47. The molecule has 0 atom stereocenters. The smallest absolute Gasteiger partial charge is 0.0117 e. The highest BCUT2D eigenvalue weighted by Gasteiger charge is 2.26. The Hall–Kier alpha value is -0.120. The van der Waals surface area contributed by atoms with E-state index in [1.807, 2.05) is 0 Å². The van der Waals surface area contributed by atoms with E-state index in [2.05, 4.69) is 56.8 Å². The van der Waals surface area contributed by atoms with Gasteiger partial charge in [0, 0.05) is 19.1 Å². The van der Waals surface area contributed by atoms with Gasteiger partial charge in [0.15, 0.2) is 0 Å². The number of nitrogens with one attached hydrogen (secondary N) is 1. The summed E-state index contributed by atoms with van der Waals surface area (Å²) in [4.78, 5) is 5.17. The summed E-state index contributed by atoms with van der Waals surface area (Å²) in [6, 6.07) is 0.780. The van der Waals surface area contributed by atoms with E-state index in [0.29, 0.717) is 5.41 Å². The summed E-state index contributed by atoms with van der Waals surface area (Å²) in [5, 5.41) is 3.61. The lowest BCUT2D eigenvalue weighted by Crippen LogP contribution is -2.47. The van der Waals surface area contributed by atoms with Crippen molar-refractivity contribution in [1.29, 1.82) is 0 Å². The number of hydrogen-bond acceptors (Lipinski definition) is 3. The molecule has 1 aliphatic rings. The number of piperidine rings is 1. The zero-order valence-electron chi connectivity index (χ0n) is 14.7. The predicted molar refractivity (Wildman–Crippen MR) is 89.3 cm³/mol. The van der Waals surface area contributed by atoms with E-state index in [-0.39, 0.29) is 0 Å². The van der Waals surface area contributed by atoms with Gasteiger partial charge in [-0.25, -0.2) is 0 Å². The molecular formula is C17H37N3. The van der Waals surface area contributed by atoms with Crippen LogP contribution in [-0.2, 0) is 0 Å². The number of hydrogen-bond donors (Lipinski definition) is 1. The van der Waals surface area contributed by atoms with E-state index in [0.717, 1.165) is 25.0 Å². The van der Waals surface area contributed by atoms with Crippen LogP contribution in [0.4, 0.5) is 0 Å². The van der Waals surface area contributed by atoms with Crippen LogP contribution in [0.5, 0.6) is 0 Å². The maximum Gasteiger partial charge on any atom is 0.0117 e. The van der Waals surface area contributed by atoms with E-state index >= 15 is 0 Å². The molecule has 1 N–H and O–H groups in total. The minimum Gasteiger partial charge on any atom is -0.316 e. The Labute approximate surface area is 127 Å². The average Bonchev–Trinajstić information content (AvgIpc) is 2.37. The van der Waals surface area contributed by atoms with Gasteiger partial charge < -0.3 is 15.1 Å². The molecule has 120 valence electrons. The highest BCUT2D eigenvalue weighted by Crippen LogP contribution is 2.21. The highest BCUT2D eigenvalue weighted by molar-refractivity contribution is 4.82. The fourth-order valence-electron chi connectivity index (χ4n) is 3.24. The first-order chi connectivity index (χ1) is 9.34. The molecule has 0 amide bonds. The Morgan fingerprint density at radius 2 is 1.85 bits per heavy atom. The Morgan fingerprint density at radius 1 is 1.25 bits per heavy atom. The molecular weight excluding hydrogens is 246 g/mol. The molecule has 0 aromatic rings. The van der Waals surface area contributed by atoms with Gasteiger partial charge in [0.05, 0.1) is 0 Å². The van der Waals surface area contributed by atoms with Crippen LogP contribution in [0.25, 0.3) is 0 Å². The van der Waals surface area contributed by atoms with Crippen LogP contribution < -0.4 is 5.32 Å². The molecule has 1 saturated heterocycles. The van der Waals surface area contributed by atoms with Gasteiger partial charge in [0.1, 0.15) is 0 Å². The maximum atomic E-state index is 3.61. The second-order valence-corrected chi connectivity index (χ2v) is 7.77. The molecule has 3 nitrogen and oxygen atoms in total. The molecule has 0 radical (unpaired) electrons. The summed E-state index contributed by atoms with van der Waals surface area (Å²) in [5.41, 5.74) is 0.353. The molecule has 1 rings (SSSR count). The van der Waals surface area contributed by atoms with Gasteiger partial charge in [-0.15, -0.1) is 0 Å². The summed E-state index contributed by atoms with van der Waals surface area (Å²) in [6.07, 6.45) is 2.67. The summed E-state index contributed by atoms with van der Waals surface area (Å²) in [6.45, 7) is 18.8. The lowest BCUT2D eigenvalue weighted by molar-refractivity contribution is 0.0983. The number of nitrogens with zero attached hydrogens (tertiary/aromatic N) is 2. The van der Waals surface area contributed by atoms with Gasteiger partial charge in [-0.2, -0.15) is 0 Å². The molecule has 0 aromatic carbocycles. The van der Waals surface area contributed by atoms with Crippen molar-refractivity contribution in [2.24, 2.45) is 11.3 Å². The van der Waals surface area contributed by atoms with Crippen molar-refractivity contribution in [1.82, 2.24) is 15.1 Å². The van der Waals surface area contributed by atoms with Gasteiger partial charge in [0.25, 0.3) is 0 Å². The molecule has 1 aliphatic heterocycles. The summed E-state index contributed by atoms with van der Waals surface area (Å²) in [7, 11) is 2.32. The van der Waals surface area contributed by atoms with Gasteiger partial charge in [0.2, 0.25) is 0 Å². The largest absolute Gasteiger partial charge is 0.316 e. The molecule has 0 saturated carbocycles. The Kier molecular flexibility index (Phi) is 7.49. The Bertz CT molecular complexity index is 255. The molecule has 0 spiro atoms. The van der Waals surface area contributed by atoms with Crippen LogP contribution >= 0.6 is 0 Å². The highest BCUT2D eigenvalue weighted by atomic mass is 15.2. The van der Waals surface area contributed by atoms with Crippen molar-refractivity contribution < 1.29 is 0 Å². The quantitative estimate of drug-likeness (QED) is 0.739. The van der Waals surface area contributed by atoms with E-state index < -0.39 is 0 Å². The van der Waals surface area contributed by atoms with E-state index in [1.165, 1.54) is 39.0 Å². The number of rotatable bonds is 8. The first kappa shape index (κ1) is 17.9. The third-order valence-corrected chi connectivity index (χ3v) is 4.46. The molecule has 0 aliphatic carbocycles. The summed E-state index contributed by atoms with van der Waals surface area (Å²) in [5.74, 6) is 0.738. The van der Waals surface area contributed by atoms with Gasteiger partial charge in [-0.3, -0.25) is 0 Å². The maximum absolute atomic E-state index is 3.61. The fraction of sp³-hybridized carbons (Fsp3) is 1.00. The molecule has 1 heterocycles. The van der Waals surface area contributed by atoms with Crippen molar-refractivity contribution in [3.8, 4) is 0 Å². The van der Waals surface area contributed by atoms with Crippen LogP contribution in [-0.4, -0.2) is 62.2 Å². The summed E-state index contributed by atoms with van der Waals surface area (Å²) < 4.78 is 0. The van der Waals surface area contributed by atoms with E-state index in [9.17, 15) is 0 Å². The molecule has 0 bridgehead atoms. The monoisotopic (exact) mass is 283 g/mol. The van der Waals surface area contributed by atoms with Gasteiger partial charge in [-0.1, -0.05) is 34.6 Å². The molecule has 20 heavy (non-hydrogen) atoms. The molecule has 0 unspecified atom stereocenters. The minimum atomic E-state index is 0.353. The SMILES string of the molecule is CCN1CCC(N(C)CC(C)(C)CNCC(C)C)CC1. The zero-order chi connectivity index (χ0) is 15.2. The second kappa shape index (κ2) is 8.35. The molecule has 1 fully saturated rings. The average molecular weight is 284 g/mol. The first-order valence-corrected chi connectivity index (χ1v) is 8.47. The normalized spacial score (nSPS) is 19.2. The molecule has 3 heteroatoms. The van der Waals surface area contributed by atoms with Gasteiger partial charge in [-0.05, 0) is 57.4 Å². The lowest BCUT2D eigenvalue weighted by atomic mass is 9.91. The van der Waals surface area contributed by atoms with Gasteiger partial charge >= 0.3 is 0 Å². The third-order valence-electron chi connectivity index (χ3n) is 4.46. The van der Waals surface area contributed by atoms with Crippen LogP contribution in [0.1, 0.15) is 47.5 Å². The number of likely N-dealkylation sites (tertiary alicyclic amines) is 1. The summed E-state index contributed by atoms with van der Waals surface area (Å²) >= 11 is 0. The van der Waals surface area contributed by atoms with Crippen LogP contribution in [0, 0.1) is 11.3 Å². The van der Waals surface area contributed by atoms with E-state index in [4.69, 9.17) is 0 Å². The zero-order valence-corrected chi connectivity index (χ0v) is 14.7. The van der Waals surface area contributed by atoms with Crippen LogP contribution in [0.15, 0.2) is 0 Å². The van der Waals surface area contributed by atoms with Crippen LogP contribution in [0.3, 0.4) is 0 Å². The Balaban J connectivity index is 2.31. The fourth-order valence-corrected chi connectivity index (χ4v) is 3.24. The molecule has 0 aromatic heterocycles. The minimum absolute atomic E-state index is 0.353. The van der Waals surface area contributed by atoms with Crippen molar-refractivity contribution in [2.75, 3.05) is 46.3 Å². The van der Waals surface area contributed by atoms with E-state index in [1.54, 1.807) is 0 Å². The van der Waals surface area contributed by atoms with Crippen LogP contribution in [0.2, 0.25) is 0 Å². The third kappa shape index (κ3) is 6.55. The van der Waals surface area contributed by atoms with Crippen molar-refractivity contribution >= 4 is 0 Å². The Morgan fingerprint density at radius 3 is 2.35 bits per heavy atom.